The predicted octanol–water partition coefficient (Wildman–Crippen LogP) is 2.90. The van der Waals surface area contributed by atoms with Crippen LogP contribution < -0.4 is 5.73 Å². The highest BCUT2D eigenvalue weighted by Gasteiger charge is 2.30. The maximum atomic E-state index is 13.7. The molecule has 3 nitrogen and oxygen atoms in total. The molecular formula is C13H18FNO2S. The Kier molecular flexibility index (Phi) is 3.90. The summed E-state index contributed by atoms with van der Waals surface area (Å²) in [7, 11) is -3.56. The summed E-state index contributed by atoms with van der Waals surface area (Å²) in [5.74, 6) is -0.737. The highest BCUT2D eigenvalue weighted by molar-refractivity contribution is 7.92. The molecule has 5 heteroatoms. The second kappa shape index (κ2) is 5.26. The lowest BCUT2D eigenvalue weighted by molar-refractivity contribution is 0.544. The van der Waals surface area contributed by atoms with Crippen LogP contribution in [0, 0.1) is 5.82 Å². The molecule has 2 N–H and O–H groups in total. The molecule has 0 amide bonds. The second-order valence-electron chi connectivity index (χ2n) is 4.85. The third kappa shape index (κ3) is 2.66. The van der Waals surface area contributed by atoms with E-state index in [2.05, 4.69) is 0 Å². The normalized spacial score (nSPS) is 18.5. The Balaban J connectivity index is 2.34. The Bertz CT molecular complexity index is 520. The van der Waals surface area contributed by atoms with Gasteiger partial charge in [0.1, 0.15) is 10.7 Å². The lowest BCUT2D eigenvalue weighted by atomic mass is 10.2. The van der Waals surface area contributed by atoms with Gasteiger partial charge < -0.3 is 5.73 Å². The van der Waals surface area contributed by atoms with Crippen molar-refractivity contribution >= 4 is 15.5 Å². The highest BCUT2D eigenvalue weighted by atomic mass is 32.2. The fourth-order valence-electron chi connectivity index (χ4n) is 2.48. The summed E-state index contributed by atoms with van der Waals surface area (Å²) in [5.41, 5.74) is 5.68. The van der Waals surface area contributed by atoms with Gasteiger partial charge in [0, 0.05) is 5.69 Å². The van der Waals surface area contributed by atoms with E-state index >= 15 is 0 Å². The molecule has 1 fully saturated rings. The molecule has 0 unspecified atom stereocenters. The first-order chi connectivity index (χ1) is 8.51. The van der Waals surface area contributed by atoms with Crippen LogP contribution in [0.1, 0.15) is 38.5 Å². The molecule has 0 atom stereocenters. The van der Waals surface area contributed by atoms with Crippen LogP contribution >= 0.6 is 0 Å². The smallest absolute Gasteiger partial charge is 0.184 e. The van der Waals surface area contributed by atoms with Gasteiger partial charge in [-0.25, -0.2) is 12.8 Å². The molecule has 0 aromatic heterocycles. The van der Waals surface area contributed by atoms with E-state index in [1.165, 1.54) is 12.1 Å². The summed E-state index contributed by atoms with van der Waals surface area (Å²) in [6.45, 7) is 0. The zero-order chi connectivity index (χ0) is 13.2. The fourth-order valence-corrected chi connectivity index (χ4v) is 4.38. The SMILES string of the molecule is Nc1ccc(S(=O)(=O)C2CCCCCC2)c(F)c1. The van der Waals surface area contributed by atoms with Crippen molar-refractivity contribution in [3.8, 4) is 0 Å². The summed E-state index contributed by atoms with van der Waals surface area (Å²) < 4.78 is 38.5. The van der Waals surface area contributed by atoms with Crippen LogP contribution in [0.3, 0.4) is 0 Å². The molecule has 1 aromatic carbocycles. The Labute approximate surface area is 107 Å². The van der Waals surface area contributed by atoms with Crippen LogP contribution in [-0.2, 0) is 9.84 Å². The number of halogens is 1. The van der Waals surface area contributed by atoms with Crippen LogP contribution in [0.25, 0.3) is 0 Å². The van der Waals surface area contributed by atoms with Gasteiger partial charge in [-0.3, -0.25) is 0 Å². The number of nitrogen functional groups attached to an aromatic ring is 1. The van der Waals surface area contributed by atoms with Gasteiger partial charge in [0.2, 0.25) is 0 Å². The molecule has 18 heavy (non-hydrogen) atoms. The number of nitrogens with two attached hydrogens (primary N) is 1. The van der Waals surface area contributed by atoms with Crippen molar-refractivity contribution in [3.05, 3.63) is 24.0 Å². The van der Waals surface area contributed by atoms with Gasteiger partial charge >= 0.3 is 0 Å². The Morgan fingerprint density at radius 3 is 2.28 bits per heavy atom. The van der Waals surface area contributed by atoms with E-state index in [9.17, 15) is 12.8 Å². The van der Waals surface area contributed by atoms with Crippen molar-refractivity contribution in [2.45, 2.75) is 48.7 Å². The van der Waals surface area contributed by atoms with Gasteiger partial charge in [0.05, 0.1) is 5.25 Å². The molecular weight excluding hydrogens is 253 g/mol. The maximum absolute atomic E-state index is 13.7. The first kappa shape index (κ1) is 13.3. The van der Waals surface area contributed by atoms with Gasteiger partial charge in [0.15, 0.2) is 9.84 Å². The largest absolute Gasteiger partial charge is 0.399 e. The van der Waals surface area contributed by atoms with E-state index in [-0.39, 0.29) is 10.6 Å². The minimum atomic E-state index is -3.56. The number of hydrogen-bond acceptors (Lipinski definition) is 3. The molecule has 0 bridgehead atoms. The number of hydrogen-bond donors (Lipinski definition) is 1. The summed E-state index contributed by atoms with van der Waals surface area (Å²) in [5, 5.41) is -0.446. The molecule has 1 saturated carbocycles. The monoisotopic (exact) mass is 271 g/mol. The Morgan fingerprint density at radius 1 is 1.11 bits per heavy atom. The summed E-state index contributed by atoms with van der Waals surface area (Å²) in [6.07, 6.45) is 5.20. The molecule has 2 rings (SSSR count). The molecule has 0 spiro atoms. The van der Waals surface area contributed by atoms with Crippen LogP contribution in [-0.4, -0.2) is 13.7 Å². The molecule has 1 aliphatic rings. The van der Waals surface area contributed by atoms with Crippen molar-refractivity contribution in [2.75, 3.05) is 5.73 Å². The predicted molar refractivity (Wildman–Crippen MR) is 69.5 cm³/mol. The lowest BCUT2D eigenvalue weighted by Crippen LogP contribution is -2.21. The number of anilines is 1. The van der Waals surface area contributed by atoms with E-state index in [4.69, 9.17) is 5.73 Å². The van der Waals surface area contributed by atoms with Gasteiger partial charge in [-0.15, -0.1) is 0 Å². The van der Waals surface area contributed by atoms with E-state index in [0.717, 1.165) is 31.7 Å². The van der Waals surface area contributed by atoms with Crippen LogP contribution in [0.15, 0.2) is 23.1 Å². The summed E-state index contributed by atoms with van der Waals surface area (Å²) in [4.78, 5) is -0.205. The Hall–Kier alpha value is -1.10. The third-order valence-corrected chi connectivity index (χ3v) is 5.80. The zero-order valence-corrected chi connectivity index (χ0v) is 11.0. The second-order valence-corrected chi connectivity index (χ2v) is 7.04. The molecule has 1 aliphatic carbocycles. The van der Waals surface area contributed by atoms with E-state index in [1.807, 2.05) is 0 Å². The van der Waals surface area contributed by atoms with Crippen LogP contribution in [0.5, 0.6) is 0 Å². The van der Waals surface area contributed by atoms with Crippen LogP contribution in [0.2, 0.25) is 0 Å². The quantitative estimate of drug-likeness (QED) is 0.664. The molecule has 0 aliphatic heterocycles. The maximum Gasteiger partial charge on any atom is 0.184 e. The topological polar surface area (TPSA) is 60.2 Å². The summed E-state index contributed by atoms with van der Waals surface area (Å²) in [6, 6.07) is 3.79. The van der Waals surface area contributed by atoms with Gasteiger partial charge in [-0.2, -0.15) is 0 Å². The van der Waals surface area contributed by atoms with Crippen molar-refractivity contribution in [1.82, 2.24) is 0 Å². The van der Waals surface area contributed by atoms with Crippen molar-refractivity contribution in [2.24, 2.45) is 0 Å². The van der Waals surface area contributed by atoms with Gasteiger partial charge in [0.25, 0.3) is 0 Å². The molecule has 1 aromatic rings. The van der Waals surface area contributed by atoms with Crippen LogP contribution in [0.4, 0.5) is 10.1 Å². The minimum Gasteiger partial charge on any atom is -0.399 e. The minimum absolute atomic E-state index is 0.205. The number of benzene rings is 1. The van der Waals surface area contributed by atoms with E-state index in [0.29, 0.717) is 12.8 Å². The highest BCUT2D eigenvalue weighted by Crippen LogP contribution is 2.29. The fraction of sp³-hybridized carbons (Fsp3) is 0.538. The van der Waals surface area contributed by atoms with Crippen molar-refractivity contribution in [3.63, 3.8) is 0 Å². The lowest BCUT2D eigenvalue weighted by Gasteiger charge is -2.15. The molecule has 0 saturated heterocycles. The number of sulfone groups is 1. The Morgan fingerprint density at radius 2 is 1.72 bits per heavy atom. The third-order valence-electron chi connectivity index (χ3n) is 3.50. The average Bonchev–Trinajstić information content (AvgIpc) is 2.57. The van der Waals surface area contributed by atoms with Gasteiger partial charge in [-0.1, -0.05) is 25.7 Å². The summed E-state index contributed by atoms with van der Waals surface area (Å²) >= 11 is 0. The first-order valence-electron chi connectivity index (χ1n) is 6.31. The van der Waals surface area contributed by atoms with Gasteiger partial charge in [-0.05, 0) is 31.0 Å². The number of rotatable bonds is 2. The molecule has 100 valence electrons. The van der Waals surface area contributed by atoms with E-state index < -0.39 is 20.9 Å². The molecule has 0 heterocycles. The average molecular weight is 271 g/mol. The van der Waals surface area contributed by atoms with Crippen molar-refractivity contribution in [1.29, 1.82) is 0 Å². The van der Waals surface area contributed by atoms with E-state index in [1.54, 1.807) is 0 Å². The first-order valence-corrected chi connectivity index (χ1v) is 7.85. The zero-order valence-electron chi connectivity index (χ0n) is 10.2. The molecule has 0 radical (unpaired) electrons. The van der Waals surface area contributed by atoms with Crippen molar-refractivity contribution < 1.29 is 12.8 Å². The standard InChI is InChI=1S/C13H18FNO2S/c14-12-9-10(15)7-8-13(12)18(16,17)11-5-3-1-2-4-6-11/h7-9,11H,1-6,15H2.